The summed E-state index contributed by atoms with van der Waals surface area (Å²) in [5.74, 6) is 0. The van der Waals surface area contributed by atoms with Gasteiger partial charge in [0.1, 0.15) is 0 Å². The predicted octanol–water partition coefficient (Wildman–Crippen LogP) is 1.46. The quantitative estimate of drug-likeness (QED) is 0.564. The fourth-order valence-electron chi connectivity index (χ4n) is 0.204. The zero-order chi connectivity index (χ0) is 5.70. The molecule has 0 amide bonds. The molecule has 0 aliphatic carbocycles. The number of hydrogen-bond acceptors (Lipinski definition) is 1. The van der Waals surface area contributed by atoms with Gasteiger partial charge in [0.25, 0.3) is 0 Å². The Labute approximate surface area is 50.9 Å². The van der Waals surface area contributed by atoms with E-state index in [1.54, 1.807) is 0 Å². The Hall–Kier alpha value is 0.00948. The van der Waals surface area contributed by atoms with E-state index in [2.05, 4.69) is 19.9 Å². The van der Waals surface area contributed by atoms with Crippen molar-refractivity contribution >= 4 is 15.0 Å². The Morgan fingerprint density at radius 3 is 2.43 bits per heavy atom. The molecule has 0 aliphatic heterocycles. The van der Waals surface area contributed by atoms with Gasteiger partial charge in [0.05, 0.1) is 0 Å². The van der Waals surface area contributed by atoms with Gasteiger partial charge in [-0.15, -0.1) is 0 Å². The predicted molar refractivity (Wildman–Crippen MR) is 31.3 cm³/mol. The van der Waals surface area contributed by atoms with E-state index in [1.807, 2.05) is 0 Å². The minimum atomic E-state index is 0.564. The summed E-state index contributed by atoms with van der Waals surface area (Å²) in [7, 11) is 0. The molecule has 0 bridgehead atoms. The van der Waals surface area contributed by atoms with Gasteiger partial charge in [0.2, 0.25) is 0 Å². The van der Waals surface area contributed by atoms with Crippen LogP contribution < -0.4 is 0 Å². The number of rotatable bonds is 2. The Morgan fingerprint density at radius 2 is 2.29 bits per heavy atom. The van der Waals surface area contributed by atoms with Crippen LogP contribution in [0.25, 0.3) is 0 Å². The first-order valence-corrected chi connectivity index (χ1v) is 4.46. The van der Waals surface area contributed by atoms with Gasteiger partial charge >= 0.3 is 50.3 Å². The first-order valence-electron chi connectivity index (χ1n) is 2.26. The molecule has 2 heteroatoms. The number of hydrogen-bond donors (Lipinski definition) is 0. The van der Waals surface area contributed by atoms with Crippen molar-refractivity contribution in [2.24, 2.45) is 0 Å². The molecule has 0 fully saturated rings. The van der Waals surface area contributed by atoms with Gasteiger partial charge in [-0.3, -0.25) is 0 Å². The molecule has 7 heavy (non-hydrogen) atoms. The van der Waals surface area contributed by atoms with Crippen LogP contribution in [-0.2, 0) is 0 Å². The molecule has 0 aliphatic rings. The monoisotopic (exact) mass is 163 g/mol. The summed E-state index contributed by atoms with van der Waals surface area (Å²) in [6.07, 6.45) is 0. The third kappa shape index (κ3) is 6.01. The molecule has 0 N–H and O–H groups in total. The van der Waals surface area contributed by atoms with Crippen molar-refractivity contribution in [3.63, 3.8) is 0 Å². The van der Waals surface area contributed by atoms with Crippen molar-refractivity contribution in [3.8, 4) is 6.07 Å². The fourth-order valence-corrected chi connectivity index (χ4v) is 1.06. The Bertz CT molecular complexity index is 72.6. The summed E-state index contributed by atoms with van der Waals surface area (Å²) in [4.78, 5) is 0.743. The molecule has 0 unspecified atom stereocenters. The average Bonchev–Trinajstić information content (AvgIpc) is 1.61. The van der Waals surface area contributed by atoms with E-state index in [0.717, 1.165) is 10.1 Å². The van der Waals surface area contributed by atoms with Crippen LogP contribution in [0.2, 0.25) is 10.1 Å². The molecule has 0 saturated carbocycles. The molecule has 0 aromatic heterocycles. The summed E-state index contributed by atoms with van der Waals surface area (Å²) < 4.78 is 0. The third-order valence-electron chi connectivity index (χ3n) is 0.481. The number of nitrogens with zero attached hydrogens (tertiary/aromatic N) is 1. The van der Waals surface area contributed by atoms with E-state index in [9.17, 15) is 0 Å². The molecule has 1 nitrogen and oxygen atoms in total. The maximum absolute atomic E-state index is 8.08. The second-order valence-corrected chi connectivity index (χ2v) is 4.80. The maximum atomic E-state index is 8.08. The van der Waals surface area contributed by atoms with E-state index in [4.69, 9.17) is 5.26 Å². The molecule has 0 spiro atoms. The standard InChI is InChI=1S/C5H9NSe/c1-5(2)7-4-3-6/h5H,4H2,1-2H3. The molecule has 0 saturated heterocycles. The van der Waals surface area contributed by atoms with Crippen LogP contribution in [0, 0.1) is 11.3 Å². The summed E-state index contributed by atoms with van der Waals surface area (Å²) >= 11 is 0.564. The zero-order valence-corrected chi connectivity index (χ0v) is 6.35. The second-order valence-electron chi connectivity index (χ2n) is 1.52. The van der Waals surface area contributed by atoms with E-state index >= 15 is 0 Å². The normalized spacial score (nSPS) is 8.86. The van der Waals surface area contributed by atoms with Gasteiger partial charge in [-0.1, -0.05) is 0 Å². The van der Waals surface area contributed by atoms with E-state index in [1.165, 1.54) is 0 Å². The molecular weight excluding hydrogens is 153 g/mol. The van der Waals surface area contributed by atoms with Gasteiger partial charge in [-0.2, -0.15) is 0 Å². The Morgan fingerprint density at radius 1 is 1.71 bits per heavy atom. The van der Waals surface area contributed by atoms with Crippen LogP contribution in [0.15, 0.2) is 0 Å². The van der Waals surface area contributed by atoms with Crippen LogP contribution in [0.3, 0.4) is 0 Å². The SMILES string of the molecule is CC(C)[Se]CC#N. The summed E-state index contributed by atoms with van der Waals surface area (Å²) in [6, 6.07) is 2.13. The molecule has 0 radical (unpaired) electrons. The fraction of sp³-hybridized carbons (Fsp3) is 0.800. The van der Waals surface area contributed by atoms with E-state index in [-0.39, 0.29) is 0 Å². The molecule has 40 valence electrons. The van der Waals surface area contributed by atoms with Crippen LogP contribution in [0.5, 0.6) is 0 Å². The topological polar surface area (TPSA) is 23.8 Å². The Kier molecular flexibility index (Phi) is 4.18. The van der Waals surface area contributed by atoms with Gasteiger partial charge < -0.3 is 0 Å². The van der Waals surface area contributed by atoms with E-state index in [0.29, 0.717) is 15.0 Å². The minimum absolute atomic E-state index is 0.564. The van der Waals surface area contributed by atoms with Crippen LogP contribution >= 0.6 is 0 Å². The van der Waals surface area contributed by atoms with Crippen LogP contribution in [0.4, 0.5) is 0 Å². The van der Waals surface area contributed by atoms with Crippen molar-refractivity contribution in [2.75, 3.05) is 0 Å². The summed E-state index contributed by atoms with van der Waals surface area (Å²) in [5, 5.41) is 8.85. The number of nitriles is 1. The average molecular weight is 162 g/mol. The molecule has 0 atom stereocenters. The van der Waals surface area contributed by atoms with E-state index < -0.39 is 0 Å². The molecule has 0 aromatic carbocycles. The van der Waals surface area contributed by atoms with Crippen molar-refractivity contribution in [2.45, 2.75) is 24.0 Å². The molecule has 0 aromatic rings. The first kappa shape index (κ1) is 7.01. The molecule has 0 rings (SSSR count). The second kappa shape index (κ2) is 4.18. The van der Waals surface area contributed by atoms with Crippen LogP contribution in [-0.4, -0.2) is 15.0 Å². The summed E-state index contributed by atoms with van der Waals surface area (Å²) in [6.45, 7) is 4.30. The van der Waals surface area contributed by atoms with Gasteiger partial charge in [0.15, 0.2) is 0 Å². The molecular formula is C5H9NSe. The molecule has 0 heterocycles. The zero-order valence-electron chi connectivity index (χ0n) is 4.64. The Balaban J connectivity index is 2.86. The van der Waals surface area contributed by atoms with Crippen LogP contribution in [0.1, 0.15) is 13.8 Å². The third-order valence-corrected chi connectivity index (χ3v) is 2.50. The van der Waals surface area contributed by atoms with Crippen molar-refractivity contribution < 1.29 is 0 Å². The van der Waals surface area contributed by atoms with Gasteiger partial charge in [-0.05, 0) is 0 Å². The summed E-state index contributed by atoms with van der Waals surface area (Å²) in [5.41, 5.74) is 0. The van der Waals surface area contributed by atoms with Crippen molar-refractivity contribution in [3.05, 3.63) is 0 Å². The van der Waals surface area contributed by atoms with Gasteiger partial charge in [0, 0.05) is 0 Å². The van der Waals surface area contributed by atoms with Crippen molar-refractivity contribution in [1.29, 1.82) is 5.26 Å². The van der Waals surface area contributed by atoms with Gasteiger partial charge in [-0.25, -0.2) is 0 Å². The first-order chi connectivity index (χ1) is 3.27. The van der Waals surface area contributed by atoms with Crippen molar-refractivity contribution in [1.82, 2.24) is 0 Å².